The second kappa shape index (κ2) is 6.10. The number of nitrogens with one attached hydrogen (secondary N) is 1. The highest BCUT2D eigenvalue weighted by Gasteiger charge is 1.99. The van der Waals surface area contributed by atoms with Crippen molar-refractivity contribution in [2.75, 3.05) is 14.1 Å². The Morgan fingerprint density at radius 1 is 1.47 bits per heavy atom. The van der Waals surface area contributed by atoms with Crippen molar-refractivity contribution < 1.29 is 4.39 Å². The van der Waals surface area contributed by atoms with Crippen LogP contribution in [0.3, 0.4) is 0 Å². The fraction of sp³-hybridized carbons (Fsp3) is 0.167. The average Bonchev–Trinajstić information content (AvgIpc) is 2.30. The van der Waals surface area contributed by atoms with Crippen LogP contribution >= 0.6 is 12.2 Å². The standard InChI is InChI=1S/C12H14FN3S/c1-4-9-7-11(13)6-5-10(9)8-14-15-12(17)16(2)3/h4-8H,1H2,2-3H3,(H,15,17)/b14-8+. The van der Waals surface area contributed by atoms with Gasteiger partial charge >= 0.3 is 0 Å². The van der Waals surface area contributed by atoms with Crippen LogP contribution in [0.4, 0.5) is 4.39 Å². The monoisotopic (exact) mass is 251 g/mol. The van der Waals surface area contributed by atoms with E-state index in [0.29, 0.717) is 10.7 Å². The molecule has 1 N–H and O–H groups in total. The lowest BCUT2D eigenvalue weighted by atomic mass is 10.1. The topological polar surface area (TPSA) is 27.6 Å². The van der Waals surface area contributed by atoms with Crippen LogP contribution in [0.25, 0.3) is 6.08 Å². The third-order valence-electron chi connectivity index (χ3n) is 2.04. The smallest absolute Gasteiger partial charge is 0.189 e. The molecule has 0 aliphatic carbocycles. The molecular weight excluding hydrogens is 237 g/mol. The second-order valence-corrected chi connectivity index (χ2v) is 3.93. The van der Waals surface area contributed by atoms with Gasteiger partial charge in [-0.05, 0) is 36.0 Å². The van der Waals surface area contributed by atoms with Gasteiger partial charge in [0.05, 0.1) is 6.21 Å². The molecule has 90 valence electrons. The van der Waals surface area contributed by atoms with E-state index in [2.05, 4.69) is 17.1 Å². The van der Waals surface area contributed by atoms with E-state index in [0.717, 1.165) is 5.56 Å². The van der Waals surface area contributed by atoms with Crippen molar-refractivity contribution in [1.29, 1.82) is 0 Å². The summed E-state index contributed by atoms with van der Waals surface area (Å²) in [6, 6.07) is 4.41. The van der Waals surface area contributed by atoms with E-state index >= 15 is 0 Å². The number of benzene rings is 1. The summed E-state index contributed by atoms with van der Waals surface area (Å²) in [5.74, 6) is -0.297. The third kappa shape index (κ3) is 3.96. The van der Waals surface area contributed by atoms with Crippen LogP contribution in [0.5, 0.6) is 0 Å². The summed E-state index contributed by atoms with van der Waals surface area (Å²) in [6.07, 6.45) is 3.15. The Bertz CT molecular complexity index is 455. The van der Waals surface area contributed by atoms with Crippen molar-refractivity contribution in [3.63, 3.8) is 0 Å². The van der Waals surface area contributed by atoms with Gasteiger partial charge in [0.2, 0.25) is 0 Å². The lowest BCUT2D eigenvalue weighted by molar-refractivity contribution is 0.606. The Hall–Kier alpha value is -1.75. The van der Waals surface area contributed by atoms with E-state index in [1.54, 1.807) is 23.3 Å². The maximum atomic E-state index is 13.0. The lowest BCUT2D eigenvalue weighted by Crippen LogP contribution is -2.30. The highest BCUT2D eigenvalue weighted by molar-refractivity contribution is 7.80. The molecule has 5 heteroatoms. The molecule has 0 aromatic heterocycles. The van der Waals surface area contributed by atoms with Crippen molar-refractivity contribution in [3.05, 3.63) is 41.7 Å². The number of hydrogen-bond acceptors (Lipinski definition) is 2. The summed E-state index contributed by atoms with van der Waals surface area (Å²) in [5.41, 5.74) is 4.16. The minimum atomic E-state index is -0.297. The molecule has 0 aliphatic rings. The maximum Gasteiger partial charge on any atom is 0.189 e. The van der Waals surface area contributed by atoms with E-state index in [1.807, 2.05) is 14.1 Å². The predicted octanol–water partition coefficient (Wildman–Crippen LogP) is 2.24. The zero-order valence-corrected chi connectivity index (χ0v) is 10.6. The van der Waals surface area contributed by atoms with Crippen LogP contribution in [0.1, 0.15) is 11.1 Å². The van der Waals surface area contributed by atoms with Gasteiger partial charge in [0, 0.05) is 19.7 Å². The molecule has 0 heterocycles. The van der Waals surface area contributed by atoms with Crippen LogP contribution < -0.4 is 5.43 Å². The summed E-state index contributed by atoms with van der Waals surface area (Å²) >= 11 is 5.00. The predicted molar refractivity (Wildman–Crippen MR) is 73.5 cm³/mol. The van der Waals surface area contributed by atoms with Gasteiger partial charge in [-0.2, -0.15) is 5.10 Å². The molecule has 3 nitrogen and oxygen atoms in total. The Labute approximate surface area is 106 Å². The minimum absolute atomic E-state index is 0.297. The second-order valence-electron chi connectivity index (χ2n) is 3.55. The molecule has 0 fully saturated rings. The molecule has 1 rings (SSSR count). The molecule has 0 unspecified atom stereocenters. The van der Waals surface area contributed by atoms with E-state index in [1.165, 1.54) is 12.1 Å². The van der Waals surface area contributed by atoms with Crippen LogP contribution in [0, 0.1) is 5.82 Å². The number of thiocarbonyl (C=S) groups is 1. The van der Waals surface area contributed by atoms with Crippen molar-refractivity contribution in [1.82, 2.24) is 10.3 Å². The molecule has 0 amide bonds. The molecule has 0 atom stereocenters. The number of halogens is 1. The van der Waals surface area contributed by atoms with Crippen LogP contribution in [-0.2, 0) is 0 Å². The Morgan fingerprint density at radius 3 is 2.76 bits per heavy atom. The zero-order chi connectivity index (χ0) is 12.8. The number of rotatable bonds is 3. The van der Waals surface area contributed by atoms with Crippen molar-refractivity contribution in [2.45, 2.75) is 0 Å². The van der Waals surface area contributed by atoms with Gasteiger partial charge in [-0.25, -0.2) is 4.39 Å². The van der Waals surface area contributed by atoms with Crippen molar-refractivity contribution in [3.8, 4) is 0 Å². The van der Waals surface area contributed by atoms with Crippen LogP contribution in [0.2, 0.25) is 0 Å². The van der Waals surface area contributed by atoms with Gasteiger partial charge in [-0.15, -0.1) is 0 Å². The van der Waals surface area contributed by atoms with Crippen molar-refractivity contribution in [2.24, 2.45) is 5.10 Å². The zero-order valence-electron chi connectivity index (χ0n) is 9.77. The molecular formula is C12H14FN3S. The Balaban J connectivity index is 2.78. The van der Waals surface area contributed by atoms with Crippen LogP contribution in [-0.4, -0.2) is 30.3 Å². The Kier molecular flexibility index (Phi) is 4.78. The third-order valence-corrected chi connectivity index (χ3v) is 2.50. The molecule has 0 aliphatic heterocycles. The van der Waals surface area contributed by atoms with E-state index < -0.39 is 0 Å². The molecule has 1 aromatic rings. The molecule has 0 radical (unpaired) electrons. The van der Waals surface area contributed by atoms with E-state index in [4.69, 9.17) is 12.2 Å². The first-order chi connectivity index (χ1) is 8.04. The highest BCUT2D eigenvalue weighted by Crippen LogP contribution is 2.10. The van der Waals surface area contributed by atoms with Crippen LogP contribution in [0.15, 0.2) is 29.9 Å². The van der Waals surface area contributed by atoms with Gasteiger partial charge < -0.3 is 4.90 Å². The maximum absolute atomic E-state index is 13.0. The number of nitrogens with zero attached hydrogens (tertiary/aromatic N) is 2. The average molecular weight is 251 g/mol. The van der Waals surface area contributed by atoms with Gasteiger partial charge in [0.1, 0.15) is 5.82 Å². The van der Waals surface area contributed by atoms with E-state index in [-0.39, 0.29) is 5.82 Å². The summed E-state index contributed by atoms with van der Waals surface area (Å²) < 4.78 is 13.0. The van der Waals surface area contributed by atoms with Gasteiger partial charge in [-0.1, -0.05) is 12.7 Å². The summed E-state index contributed by atoms with van der Waals surface area (Å²) in [6.45, 7) is 3.62. The summed E-state index contributed by atoms with van der Waals surface area (Å²) in [7, 11) is 3.63. The summed E-state index contributed by atoms with van der Waals surface area (Å²) in [4.78, 5) is 1.73. The molecule has 17 heavy (non-hydrogen) atoms. The van der Waals surface area contributed by atoms with Gasteiger partial charge in [0.15, 0.2) is 5.11 Å². The largest absolute Gasteiger partial charge is 0.354 e. The van der Waals surface area contributed by atoms with Crippen molar-refractivity contribution >= 4 is 29.6 Å². The normalized spacial score (nSPS) is 10.3. The lowest BCUT2D eigenvalue weighted by Gasteiger charge is -2.11. The number of hydrazone groups is 1. The molecule has 0 saturated heterocycles. The first kappa shape index (κ1) is 13.3. The quantitative estimate of drug-likeness (QED) is 0.507. The molecule has 0 spiro atoms. The van der Waals surface area contributed by atoms with E-state index in [9.17, 15) is 4.39 Å². The molecule has 1 aromatic carbocycles. The fourth-order valence-electron chi connectivity index (χ4n) is 1.10. The first-order valence-corrected chi connectivity index (χ1v) is 5.37. The van der Waals surface area contributed by atoms with Gasteiger partial charge in [-0.3, -0.25) is 5.43 Å². The SMILES string of the molecule is C=Cc1cc(F)ccc1/C=N/NC(=S)N(C)C. The number of hydrogen-bond donors (Lipinski definition) is 1. The Morgan fingerprint density at radius 2 is 2.18 bits per heavy atom. The summed E-state index contributed by atoms with van der Waals surface area (Å²) in [5, 5.41) is 4.48. The first-order valence-electron chi connectivity index (χ1n) is 4.97. The highest BCUT2D eigenvalue weighted by atomic mass is 32.1. The van der Waals surface area contributed by atoms with Gasteiger partial charge in [0.25, 0.3) is 0 Å². The fourth-order valence-corrected chi connectivity index (χ4v) is 1.15. The molecule has 0 saturated carbocycles. The molecule has 0 bridgehead atoms. The minimum Gasteiger partial charge on any atom is -0.354 e.